The molecule has 11 aromatic rings. The molecule has 0 unspecified atom stereocenters. The number of benzene rings is 10. The summed E-state index contributed by atoms with van der Waals surface area (Å²) in [5.74, 6) is 0. The molecule has 4 heteroatoms. The fraction of sp³-hybridized carbons (Fsp3) is 0.0909. The van der Waals surface area contributed by atoms with Crippen LogP contribution in [0.25, 0.3) is 72.0 Å². The van der Waals surface area contributed by atoms with E-state index in [2.05, 4.69) is 256 Å². The molecule has 10 aromatic carbocycles. The van der Waals surface area contributed by atoms with Crippen LogP contribution in [0.3, 0.4) is 0 Å². The van der Waals surface area contributed by atoms with E-state index in [-0.39, 0.29) is 10.8 Å². The topological polar surface area (TPSA) is 8.17 Å². The first-order valence-corrected chi connectivity index (χ1v) is 26.0. The first-order valence-electron chi connectivity index (χ1n) is 24.3. The molecule has 2 heterocycles. The second-order valence-electron chi connectivity index (χ2n) is 20.1. The molecule has 0 radical (unpaired) electrons. The molecule has 0 N–H and O–H groups in total. The lowest BCUT2D eigenvalue weighted by Gasteiger charge is -2.28. The van der Waals surface area contributed by atoms with E-state index in [1.807, 2.05) is 23.5 Å². The van der Waals surface area contributed by atoms with Crippen LogP contribution in [0.2, 0.25) is 0 Å². The van der Waals surface area contributed by atoms with Crippen LogP contribution in [0.5, 0.6) is 0 Å². The average Bonchev–Trinajstić information content (AvgIpc) is 3.96. The summed E-state index contributed by atoms with van der Waals surface area (Å²) in [6.07, 6.45) is 0. The largest absolute Gasteiger partial charge is 0.310 e. The Hall–Kier alpha value is -7.50. The van der Waals surface area contributed by atoms with Crippen LogP contribution in [0.1, 0.15) is 49.9 Å². The maximum Gasteiger partial charge on any atom is 0.0692 e. The second kappa shape index (κ2) is 15.5. The zero-order valence-electron chi connectivity index (χ0n) is 39.5. The molecule has 1 aromatic heterocycles. The van der Waals surface area contributed by atoms with E-state index in [0.717, 1.165) is 17.1 Å². The van der Waals surface area contributed by atoms with Crippen LogP contribution in [0.15, 0.2) is 238 Å². The van der Waals surface area contributed by atoms with Crippen LogP contribution in [-0.2, 0) is 10.8 Å². The Balaban J connectivity index is 0.868. The molecule has 70 heavy (non-hydrogen) atoms. The van der Waals surface area contributed by atoms with Crippen LogP contribution < -0.4 is 4.90 Å². The normalized spacial score (nSPS) is 14.4. The van der Waals surface area contributed by atoms with Crippen molar-refractivity contribution in [2.75, 3.05) is 4.90 Å². The van der Waals surface area contributed by atoms with Gasteiger partial charge in [0.15, 0.2) is 0 Å². The summed E-state index contributed by atoms with van der Waals surface area (Å²) in [7, 11) is 0. The molecule has 0 fully saturated rings. The summed E-state index contributed by atoms with van der Waals surface area (Å²) in [5.41, 5.74) is 22.6. The third kappa shape index (κ3) is 6.16. The van der Waals surface area contributed by atoms with Crippen molar-refractivity contribution in [2.24, 2.45) is 0 Å². The van der Waals surface area contributed by atoms with E-state index in [1.54, 1.807) is 0 Å². The third-order valence-electron chi connectivity index (χ3n) is 15.5. The van der Waals surface area contributed by atoms with Gasteiger partial charge in [-0.2, -0.15) is 0 Å². The number of hydrogen-bond donors (Lipinski definition) is 0. The predicted molar refractivity (Wildman–Crippen MR) is 296 cm³/mol. The van der Waals surface area contributed by atoms with Crippen molar-refractivity contribution in [3.05, 3.63) is 241 Å². The minimum atomic E-state index is -0.144. The molecule has 0 amide bonds. The Bertz CT molecular complexity index is 3920. The summed E-state index contributed by atoms with van der Waals surface area (Å²) < 4.78 is 2.55. The van der Waals surface area contributed by atoms with Crippen molar-refractivity contribution in [3.63, 3.8) is 0 Å². The lowest BCUT2D eigenvalue weighted by Crippen LogP contribution is -2.16. The summed E-state index contributed by atoms with van der Waals surface area (Å²) in [6, 6.07) is 81.4. The molecule has 334 valence electrons. The van der Waals surface area contributed by atoms with Gasteiger partial charge in [-0.25, -0.2) is 0 Å². The summed E-state index contributed by atoms with van der Waals surface area (Å²) in [4.78, 5) is 7.69. The van der Waals surface area contributed by atoms with Crippen LogP contribution in [-0.4, -0.2) is 4.57 Å². The standard InChI is InChI=1S/C66H48N2S2/c1-65(2)54-18-10-8-16-49(54)51-35-34-48(40-56(51)65)67(45-28-22-42(23-29-45)41-14-6-5-7-15-41)46-30-24-43(25-31-46)44-26-32-47(33-27-44)68-57-38-36-52-50-17-9-11-19-55(50)66(3,4)62(52)61(57)53-37-39-60-64(63(53)68)70-59-21-13-12-20-58(59)69-60/h5-40H,1-4H3. The molecule has 0 atom stereocenters. The first kappa shape index (κ1) is 41.5. The number of nitrogens with zero attached hydrogens (tertiary/aromatic N) is 2. The fourth-order valence-corrected chi connectivity index (χ4v) is 14.4. The van der Waals surface area contributed by atoms with Gasteiger partial charge >= 0.3 is 0 Å². The quantitative estimate of drug-likeness (QED) is 0.164. The van der Waals surface area contributed by atoms with Gasteiger partial charge in [-0.05, 0) is 140 Å². The van der Waals surface area contributed by atoms with Gasteiger partial charge in [0.25, 0.3) is 0 Å². The Labute approximate surface area is 418 Å². The monoisotopic (exact) mass is 932 g/mol. The minimum absolute atomic E-state index is 0.106. The molecule has 0 spiro atoms. The zero-order valence-corrected chi connectivity index (χ0v) is 41.1. The van der Waals surface area contributed by atoms with E-state index in [0.29, 0.717) is 0 Å². The SMILES string of the molecule is CC1(C)c2ccccc2-c2ccc(N(c3ccc(-c4ccccc4)cc3)c3ccc(-c4ccc(-n5c6ccc7c(c6c6ccc8c(c65)Sc5ccccc5S8)C(C)(C)c5ccccc5-7)cc4)cc3)cc21. The average molecular weight is 933 g/mol. The molecule has 0 saturated carbocycles. The number of anilines is 3. The van der Waals surface area contributed by atoms with Crippen molar-refractivity contribution in [1.29, 1.82) is 0 Å². The highest BCUT2D eigenvalue weighted by molar-refractivity contribution is 8.05. The van der Waals surface area contributed by atoms with Gasteiger partial charge in [-0.1, -0.05) is 197 Å². The lowest BCUT2D eigenvalue weighted by atomic mass is 9.80. The molecule has 14 rings (SSSR count). The molecule has 2 nitrogen and oxygen atoms in total. The smallest absolute Gasteiger partial charge is 0.0692 e. The molecular formula is C66H48N2S2. The van der Waals surface area contributed by atoms with E-state index >= 15 is 0 Å². The number of rotatable bonds is 6. The number of hydrogen-bond acceptors (Lipinski definition) is 3. The highest BCUT2D eigenvalue weighted by Crippen LogP contribution is 2.57. The van der Waals surface area contributed by atoms with Gasteiger partial charge in [-0.15, -0.1) is 0 Å². The molecule has 0 saturated heterocycles. The van der Waals surface area contributed by atoms with Crippen LogP contribution in [0, 0.1) is 0 Å². The van der Waals surface area contributed by atoms with Gasteiger partial charge < -0.3 is 9.47 Å². The lowest BCUT2D eigenvalue weighted by molar-refractivity contribution is 0.660. The van der Waals surface area contributed by atoms with Crippen molar-refractivity contribution >= 4 is 62.4 Å². The van der Waals surface area contributed by atoms with E-state index in [4.69, 9.17) is 0 Å². The summed E-state index contributed by atoms with van der Waals surface area (Å²) in [6.45, 7) is 9.54. The first-order chi connectivity index (χ1) is 34.2. The van der Waals surface area contributed by atoms with Crippen molar-refractivity contribution in [1.82, 2.24) is 4.57 Å². The van der Waals surface area contributed by atoms with Gasteiger partial charge in [0, 0.05) is 59.0 Å². The number of aromatic nitrogens is 1. The van der Waals surface area contributed by atoms with Gasteiger partial charge in [0.2, 0.25) is 0 Å². The Morgan fingerprint density at radius 3 is 1.57 bits per heavy atom. The summed E-state index contributed by atoms with van der Waals surface area (Å²) in [5, 5.41) is 2.67. The van der Waals surface area contributed by atoms with Crippen molar-refractivity contribution < 1.29 is 0 Å². The molecular weight excluding hydrogens is 885 g/mol. The van der Waals surface area contributed by atoms with Crippen LogP contribution in [0.4, 0.5) is 17.1 Å². The van der Waals surface area contributed by atoms with E-state index in [9.17, 15) is 0 Å². The predicted octanol–water partition coefficient (Wildman–Crippen LogP) is 18.8. The maximum atomic E-state index is 2.55. The fourth-order valence-electron chi connectivity index (χ4n) is 12.0. The zero-order chi connectivity index (χ0) is 46.9. The van der Waals surface area contributed by atoms with Crippen molar-refractivity contribution in [2.45, 2.75) is 58.1 Å². The number of fused-ring (bicyclic) bond motifs is 13. The van der Waals surface area contributed by atoms with E-state index < -0.39 is 0 Å². The van der Waals surface area contributed by atoms with E-state index in [1.165, 1.54) is 114 Å². The Morgan fingerprint density at radius 2 is 0.900 bits per heavy atom. The Morgan fingerprint density at radius 1 is 0.386 bits per heavy atom. The molecule has 0 bridgehead atoms. The maximum absolute atomic E-state index is 2.55. The highest BCUT2D eigenvalue weighted by Gasteiger charge is 2.39. The molecule has 3 aliphatic rings. The third-order valence-corrected chi connectivity index (χ3v) is 18.0. The van der Waals surface area contributed by atoms with Gasteiger partial charge in [-0.3, -0.25) is 0 Å². The van der Waals surface area contributed by atoms with Crippen LogP contribution >= 0.6 is 23.5 Å². The molecule has 2 aliphatic carbocycles. The summed E-state index contributed by atoms with van der Waals surface area (Å²) >= 11 is 3.80. The van der Waals surface area contributed by atoms with Gasteiger partial charge in [0.1, 0.15) is 0 Å². The minimum Gasteiger partial charge on any atom is -0.310 e. The molecule has 1 aliphatic heterocycles. The van der Waals surface area contributed by atoms with Gasteiger partial charge in [0.05, 0.1) is 15.9 Å². The second-order valence-corrected chi connectivity index (χ2v) is 22.2. The van der Waals surface area contributed by atoms with Crippen molar-refractivity contribution in [3.8, 4) is 50.2 Å². The Kier molecular flexibility index (Phi) is 9.18. The highest BCUT2D eigenvalue weighted by atomic mass is 32.2.